The van der Waals surface area contributed by atoms with Crippen LogP contribution in [0.15, 0.2) is 36.5 Å². The van der Waals surface area contributed by atoms with Gasteiger partial charge in [0.1, 0.15) is 0 Å². The molecule has 0 saturated carbocycles. The summed E-state index contributed by atoms with van der Waals surface area (Å²) < 4.78 is 14.8. The predicted molar refractivity (Wildman–Crippen MR) is 52.9 cm³/mol. The average Bonchev–Trinajstić information content (AvgIpc) is 2.61. The Morgan fingerprint density at radius 3 is 2.64 bits per heavy atom. The van der Waals surface area contributed by atoms with Crippen molar-refractivity contribution in [2.24, 2.45) is 0 Å². The van der Waals surface area contributed by atoms with Crippen LogP contribution in [0, 0.1) is 5.82 Å². The lowest BCUT2D eigenvalue weighted by Gasteiger charge is -2.04. The summed E-state index contributed by atoms with van der Waals surface area (Å²) in [5.74, 6) is -0.239. The molecule has 0 saturated heterocycles. The van der Waals surface area contributed by atoms with Gasteiger partial charge in [-0.3, -0.25) is 0 Å². The van der Waals surface area contributed by atoms with Gasteiger partial charge in [0.05, 0.1) is 17.6 Å². The van der Waals surface area contributed by atoms with E-state index in [0.717, 1.165) is 5.69 Å². The molecule has 14 heavy (non-hydrogen) atoms. The molecule has 1 aromatic carbocycles. The van der Waals surface area contributed by atoms with Crippen LogP contribution in [0.4, 0.5) is 4.39 Å². The highest BCUT2D eigenvalue weighted by Crippen LogP contribution is 2.13. The van der Waals surface area contributed by atoms with E-state index in [2.05, 4.69) is 5.10 Å². The number of rotatable bonds is 2. The average molecular weight is 190 g/mol. The number of para-hydroxylation sites is 1. The Kier molecular flexibility index (Phi) is 2.31. The first kappa shape index (κ1) is 8.94. The molecule has 72 valence electrons. The molecule has 0 aliphatic carbocycles. The highest BCUT2D eigenvalue weighted by atomic mass is 19.1. The van der Waals surface area contributed by atoms with E-state index >= 15 is 0 Å². The molecular weight excluding hydrogens is 179 g/mol. The Morgan fingerprint density at radius 2 is 2.00 bits per heavy atom. The molecule has 2 rings (SSSR count). The van der Waals surface area contributed by atoms with Crippen LogP contribution in [0.5, 0.6) is 0 Å². The van der Waals surface area contributed by atoms with Gasteiger partial charge in [-0.25, -0.2) is 9.07 Å². The maximum Gasteiger partial charge on any atom is 0.164 e. The Balaban J connectivity index is 2.52. The van der Waals surface area contributed by atoms with Crippen LogP contribution >= 0.6 is 0 Å². The number of benzene rings is 1. The fraction of sp³-hybridized carbons (Fsp3) is 0.182. The first-order chi connectivity index (χ1) is 6.83. The fourth-order valence-corrected chi connectivity index (χ4v) is 1.46. The minimum Gasteiger partial charge on any atom is -0.235 e. The number of aromatic nitrogens is 2. The molecule has 0 spiro atoms. The molecular formula is C11H11FN2. The van der Waals surface area contributed by atoms with Gasteiger partial charge in [0, 0.05) is 0 Å². The Morgan fingerprint density at radius 1 is 1.29 bits per heavy atom. The zero-order chi connectivity index (χ0) is 9.97. The van der Waals surface area contributed by atoms with Crippen molar-refractivity contribution in [2.45, 2.75) is 13.3 Å². The van der Waals surface area contributed by atoms with Crippen LogP contribution in [-0.4, -0.2) is 9.78 Å². The van der Waals surface area contributed by atoms with Crippen LogP contribution in [0.25, 0.3) is 5.69 Å². The van der Waals surface area contributed by atoms with E-state index in [-0.39, 0.29) is 5.82 Å². The van der Waals surface area contributed by atoms with Gasteiger partial charge >= 0.3 is 0 Å². The van der Waals surface area contributed by atoms with Gasteiger partial charge in [-0.15, -0.1) is 0 Å². The third-order valence-electron chi connectivity index (χ3n) is 2.15. The van der Waals surface area contributed by atoms with E-state index in [0.29, 0.717) is 12.1 Å². The second kappa shape index (κ2) is 3.62. The summed E-state index contributed by atoms with van der Waals surface area (Å²) in [5.41, 5.74) is 1.52. The minimum atomic E-state index is -0.239. The van der Waals surface area contributed by atoms with Gasteiger partial charge in [0.25, 0.3) is 0 Å². The van der Waals surface area contributed by atoms with Gasteiger partial charge in [-0.05, 0) is 18.6 Å². The number of halogens is 1. The molecule has 0 aliphatic rings. The standard InChI is InChI=1S/C11H11FN2/c1-2-11-10(12)8-13-14(11)9-6-4-3-5-7-9/h3-8H,2H2,1H3. The van der Waals surface area contributed by atoms with Crippen molar-refractivity contribution in [1.29, 1.82) is 0 Å². The number of hydrogen-bond acceptors (Lipinski definition) is 1. The predicted octanol–water partition coefficient (Wildman–Crippen LogP) is 2.57. The second-order valence-electron chi connectivity index (χ2n) is 3.04. The molecule has 0 amide bonds. The summed E-state index contributed by atoms with van der Waals surface area (Å²) in [5, 5.41) is 4.00. The molecule has 3 heteroatoms. The molecule has 0 atom stereocenters. The number of hydrogen-bond donors (Lipinski definition) is 0. The fourth-order valence-electron chi connectivity index (χ4n) is 1.46. The zero-order valence-corrected chi connectivity index (χ0v) is 7.94. The summed E-state index contributed by atoms with van der Waals surface area (Å²) in [6.07, 6.45) is 1.90. The van der Waals surface area contributed by atoms with Crippen LogP contribution in [0.3, 0.4) is 0 Å². The van der Waals surface area contributed by atoms with E-state index in [1.807, 2.05) is 37.3 Å². The molecule has 2 nitrogen and oxygen atoms in total. The topological polar surface area (TPSA) is 17.8 Å². The van der Waals surface area contributed by atoms with E-state index < -0.39 is 0 Å². The molecule has 1 heterocycles. The molecule has 0 radical (unpaired) electrons. The Hall–Kier alpha value is -1.64. The van der Waals surface area contributed by atoms with Crippen molar-refractivity contribution < 1.29 is 4.39 Å². The molecule has 0 N–H and O–H groups in total. The summed E-state index contributed by atoms with van der Waals surface area (Å²) in [6, 6.07) is 9.56. The maximum absolute atomic E-state index is 13.2. The molecule has 1 aromatic heterocycles. The SMILES string of the molecule is CCc1c(F)cnn1-c1ccccc1. The quantitative estimate of drug-likeness (QED) is 0.711. The number of nitrogens with zero attached hydrogens (tertiary/aromatic N) is 2. The first-order valence-electron chi connectivity index (χ1n) is 4.60. The van der Waals surface area contributed by atoms with E-state index in [1.165, 1.54) is 6.20 Å². The largest absolute Gasteiger partial charge is 0.235 e. The summed E-state index contributed by atoms with van der Waals surface area (Å²) in [4.78, 5) is 0. The third-order valence-corrected chi connectivity index (χ3v) is 2.15. The summed E-state index contributed by atoms with van der Waals surface area (Å²) >= 11 is 0. The summed E-state index contributed by atoms with van der Waals surface area (Å²) in [7, 11) is 0. The van der Waals surface area contributed by atoms with Crippen molar-refractivity contribution in [2.75, 3.05) is 0 Å². The monoisotopic (exact) mass is 190 g/mol. The van der Waals surface area contributed by atoms with Gasteiger partial charge < -0.3 is 0 Å². The van der Waals surface area contributed by atoms with Crippen molar-refractivity contribution in [3.05, 3.63) is 48.0 Å². The molecule has 0 aliphatic heterocycles. The van der Waals surface area contributed by atoms with Gasteiger partial charge in [-0.1, -0.05) is 25.1 Å². The van der Waals surface area contributed by atoms with Gasteiger partial charge in [-0.2, -0.15) is 5.10 Å². The van der Waals surface area contributed by atoms with Crippen molar-refractivity contribution in [3.8, 4) is 5.69 Å². The molecule has 0 bridgehead atoms. The van der Waals surface area contributed by atoms with Crippen LogP contribution in [0.1, 0.15) is 12.6 Å². The van der Waals surface area contributed by atoms with Crippen LogP contribution in [-0.2, 0) is 6.42 Å². The van der Waals surface area contributed by atoms with Crippen molar-refractivity contribution in [1.82, 2.24) is 9.78 Å². The lowest BCUT2D eigenvalue weighted by atomic mass is 10.3. The molecule has 2 aromatic rings. The van der Waals surface area contributed by atoms with Crippen LogP contribution in [0.2, 0.25) is 0 Å². The Labute approximate surface area is 82.0 Å². The van der Waals surface area contributed by atoms with E-state index in [9.17, 15) is 4.39 Å². The van der Waals surface area contributed by atoms with Crippen molar-refractivity contribution in [3.63, 3.8) is 0 Å². The third kappa shape index (κ3) is 1.41. The van der Waals surface area contributed by atoms with Crippen molar-refractivity contribution >= 4 is 0 Å². The first-order valence-corrected chi connectivity index (χ1v) is 4.60. The van der Waals surface area contributed by atoms with Gasteiger partial charge in [0.15, 0.2) is 5.82 Å². The van der Waals surface area contributed by atoms with Gasteiger partial charge in [0.2, 0.25) is 0 Å². The highest BCUT2D eigenvalue weighted by molar-refractivity contribution is 5.32. The molecule has 0 fully saturated rings. The van der Waals surface area contributed by atoms with Crippen LogP contribution < -0.4 is 0 Å². The summed E-state index contributed by atoms with van der Waals surface area (Å²) in [6.45, 7) is 1.92. The maximum atomic E-state index is 13.2. The minimum absolute atomic E-state index is 0.239. The van der Waals surface area contributed by atoms with E-state index in [4.69, 9.17) is 0 Å². The smallest absolute Gasteiger partial charge is 0.164 e. The lowest BCUT2D eigenvalue weighted by molar-refractivity contribution is 0.607. The Bertz CT molecular complexity index is 420. The molecule has 0 unspecified atom stereocenters. The lowest BCUT2D eigenvalue weighted by Crippen LogP contribution is -2.01. The highest BCUT2D eigenvalue weighted by Gasteiger charge is 2.08. The normalized spacial score (nSPS) is 10.4. The van der Waals surface area contributed by atoms with E-state index in [1.54, 1.807) is 4.68 Å². The second-order valence-corrected chi connectivity index (χ2v) is 3.04. The zero-order valence-electron chi connectivity index (χ0n) is 7.94.